The molecule has 0 aliphatic rings. The fourth-order valence-corrected chi connectivity index (χ4v) is 2.20. The third-order valence-electron chi connectivity index (χ3n) is 2.70. The van der Waals surface area contributed by atoms with Crippen LogP contribution in [0.4, 0.5) is 5.13 Å². The summed E-state index contributed by atoms with van der Waals surface area (Å²) in [5, 5.41) is 4.90. The average Bonchev–Trinajstić information content (AvgIpc) is 2.85. The van der Waals surface area contributed by atoms with E-state index in [0.29, 0.717) is 10.8 Å². The Balaban J connectivity index is 2.08. The van der Waals surface area contributed by atoms with Crippen molar-refractivity contribution in [2.75, 3.05) is 12.8 Å². The molecule has 2 rings (SSSR count). The van der Waals surface area contributed by atoms with Gasteiger partial charge in [-0.2, -0.15) is 0 Å². The Kier molecular flexibility index (Phi) is 4.01. The molecular weight excluding hydrogens is 262 g/mol. The Morgan fingerprint density at radius 3 is 2.95 bits per heavy atom. The van der Waals surface area contributed by atoms with Gasteiger partial charge in [-0.25, -0.2) is 4.98 Å². The number of nitrogens with zero attached hydrogens (tertiary/aromatic N) is 1. The van der Waals surface area contributed by atoms with Gasteiger partial charge in [0.25, 0.3) is 5.91 Å². The first-order valence-electron chi connectivity index (χ1n) is 5.76. The maximum absolute atomic E-state index is 11.9. The zero-order chi connectivity index (χ0) is 13.8. The molecule has 0 aliphatic heterocycles. The van der Waals surface area contributed by atoms with Gasteiger partial charge >= 0.3 is 0 Å². The van der Waals surface area contributed by atoms with Gasteiger partial charge in [0.2, 0.25) is 0 Å². The molecule has 0 aliphatic carbocycles. The van der Waals surface area contributed by atoms with Crippen molar-refractivity contribution in [3.05, 3.63) is 40.9 Å². The lowest BCUT2D eigenvalue weighted by Gasteiger charge is -2.14. The number of rotatable bonds is 4. The van der Waals surface area contributed by atoms with E-state index in [9.17, 15) is 4.79 Å². The highest BCUT2D eigenvalue weighted by molar-refractivity contribution is 7.13. The van der Waals surface area contributed by atoms with Crippen molar-refractivity contribution in [1.29, 1.82) is 0 Å². The molecule has 2 aromatic rings. The van der Waals surface area contributed by atoms with Gasteiger partial charge in [0.15, 0.2) is 5.13 Å². The van der Waals surface area contributed by atoms with Crippen molar-refractivity contribution in [1.82, 2.24) is 10.3 Å². The molecule has 0 saturated carbocycles. The molecule has 1 unspecified atom stereocenters. The maximum Gasteiger partial charge on any atom is 0.271 e. The van der Waals surface area contributed by atoms with Crippen LogP contribution in [0.1, 0.15) is 29.0 Å². The zero-order valence-electron chi connectivity index (χ0n) is 10.7. The fraction of sp³-hybridized carbons (Fsp3) is 0.231. The van der Waals surface area contributed by atoms with Crippen LogP contribution in [0.5, 0.6) is 5.75 Å². The van der Waals surface area contributed by atoms with E-state index in [0.717, 1.165) is 11.3 Å². The quantitative estimate of drug-likeness (QED) is 0.898. The molecule has 0 saturated heterocycles. The van der Waals surface area contributed by atoms with Crippen molar-refractivity contribution in [2.45, 2.75) is 13.0 Å². The molecule has 1 amide bonds. The summed E-state index contributed by atoms with van der Waals surface area (Å²) >= 11 is 1.25. The van der Waals surface area contributed by atoms with Crippen LogP contribution in [-0.2, 0) is 0 Å². The lowest BCUT2D eigenvalue weighted by atomic mass is 10.1. The number of carbonyl (C=O) groups is 1. The van der Waals surface area contributed by atoms with Gasteiger partial charge in [-0.1, -0.05) is 12.1 Å². The normalized spacial score (nSPS) is 11.9. The third-order valence-corrected chi connectivity index (χ3v) is 3.37. The highest BCUT2D eigenvalue weighted by atomic mass is 32.1. The zero-order valence-corrected chi connectivity index (χ0v) is 11.5. The van der Waals surface area contributed by atoms with Gasteiger partial charge in [0, 0.05) is 5.38 Å². The molecule has 0 fully saturated rings. The van der Waals surface area contributed by atoms with Crippen LogP contribution in [0, 0.1) is 0 Å². The minimum Gasteiger partial charge on any atom is -0.497 e. The summed E-state index contributed by atoms with van der Waals surface area (Å²) in [5.74, 6) is 0.528. The van der Waals surface area contributed by atoms with Gasteiger partial charge in [0.05, 0.1) is 13.2 Å². The van der Waals surface area contributed by atoms with Crippen molar-refractivity contribution in [3.63, 3.8) is 0 Å². The number of nitrogen functional groups attached to an aromatic ring is 1. The first-order valence-corrected chi connectivity index (χ1v) is 6.64. The predicted molar refractivity (Wildman–Crippen MR) is 75.4 cm³/mol. The number of hydrogen-bond donors (Lipinski definition) is 2. The molecule has 0 radical (unpaired) electrons. The number of aromatic nitrogens is 1. The molecule has 19 heavy (non-hydrogen) atoms. The highest BCUT2D eigenvalue weighted by Crippen LogP contribution is 2.19. The average molecular weight is 277 g/mol. The number of anilines is 1. The van der Waals surface area contributed by atoms with E-state index in [1.807, 2.05) is 31.2 Å². The Hall–Kier alpha value is -2.08. The third kappa shape index (κ3) is 3.23. The first kappa shape index (κ1) is 13.4. The molecule has 5 nitrogen and oxygen atoms in total. The number of benzene rings is 1. The lowest BCUT2D eigenvalue weighted by molar-refractivity contribution is 0.0935. The van der Waals surface area contributed by atoms with E-state index in [2.05, 4.69) is 10.3 Å². The van der Waals surface area contributed by atoms with E-state index in [1.165, 1.54) is 11.3 Å². The van der Waals surface area contributed by atoms with Crippen molar-refractivity contribution in [2.24, 2.45) is 0 Å². The van der Waals surface area contributed by atoms with Crippen molar-refractivity contribution >= 4 is 22.4 Å². The first-order chi connectivity index (χ1) is 9.10. The SMILES string of the molecule is COc1cccc(C(C)NC(=O)c2csc(N)n2)c1. The minimum absolute atomic E-state index is 0.134. The smallest absolute Gasteiger partial charge is 0.271 e. The van der Waals surface area contributed by atoms with Gasteiger partial charge in [-0.05, 0) is 24.6 Å². The maximum atomic E-state index is 11.9. The number of ether oxygens (including phenoxy) is 1. The fourth-order valence-electron chi connectivity index (χ4n) is 1.66. The second-order valence-electron chi connectivity index (χ2n) is 4.04. The summed E-state index contributed by atoms with van der Waals surface area (Å²) in [4.78, 5) is 15.9. The summed E-state index contributed by atoms with van der Waals surface area (Å²) in [6.45, 7) is 1.91. The number of thiazole rings is 1. The molecule has 1 aromatic carbocycles. The van der Waals surface area contributed by atoms with E-state index in [-0.39, 0.29) is 11.9 Å². The molecule has 100 valence electrons. The van der Waals surface area contributed by atoms with E-state index in [1.54, 1.807) is 12.5 Å². The lowest BCUT2D eigenvalue weighted by Crippen LogP contribution is -2.26. The van der Waals surface area contributed by atoms with Crippen molar-refractivity contribution < 1.29 is 9.53 Å². The van der Waals surface area contributed by atoms with Gasteiger partial charge in [-0.15, -0.1) is 11.3 Å². The van der Waals surface area contributed by atoms with Crippen LogP contribution < -0.4 is 15.8 Å². The Bertz CT molecular complexity index is 583. The Morgan fingerprint density at radius 1 is 1.53 bits per heavy atom. The van der Waals surface area contributed by atoms with Crippen molar-refractivity contribution in [3.8, 4) is 5.75 Å². The van der Waals surface area contributed by atoms with Crippen LogP contribution >= 0.6 is 11.3 Å². The number of hydrogen-bond acceptors (Lipinski definition) is 5. The van der Waals surface area contributed by atoms with E-state index in [4.69, 9.17) is 10.5 Å². The second-order valence-corrected chi connectivity index (χ2v) is 4.93. The summed E-state index contributed by atoms with van der Waals surface area (Å²) in [5.41, 5.74) is 6.82. The summed E-state index contributed by atoms with van der Waals surface area (Å²) < 4.78 is 5.16. The van der Waals surface area contributed by atoms with Gasteiger partial charge < -0.3 is 15.8 Å². The molecule has 1 aromatic heterocycles. The summed E-state index contributed by atoms with van der Waals surface area (Å²) in [7, 11) is 1.61. The number of nitrogens with one attached hydrogen (secondary N) is 1. The van der Waals surface area contributed by atoms with E-state index >= 15 is 0 Å². The Labute approximate surface area is 115 Å². The van der Waals surface area contributed by atoms with Crippen LogP contribution in [0.3, 0.4) is 0 Å². The summed E-state index contributed by atoms with van der Waals surface area (Å²) in [6, 6.07) is 7.44. The van der Waals surface area contributed by atoms with Gasteiger partial charge in [-0.3, -0.25) is 4.79 Å². The second kappa shape index (κ2) is 5.71. The minimum atomic E-state index is -0.233. The van der Waals surface area contributed by atoms with Crippen LogP contribution in [0.2, 0.25) is 0 Å². The van der Waals surface area contributed by atoms with Crippen LogP contribution in [0.15, 0.2) is 29.6 Å². The molecule has 1 atom stereocenters. The molecule has 3 N–H and O–H groups in total. The standard InChI is InChI=1S/C13H15N3O2S/c1-8(9-4-3-5-10(6-9)18-2)15-12(17)11-7-19-13(14)16-11/h3-8H,1-2H3,(H2,14,16)(H,15,17). The van der Waals surface area contributed by atoms with Gasteiger partial charge in [0.1, 0.15) is 11.4 Å². The monoisotopic (exact) mass is 277 g/mol. The van der Waals surface area contributed by atoms with Crippen LogP contribution in [0.25, 0.3) is 0 Å². The molecule has 0 bridgehead atoms. The summed E-state index contributed by atoms with van der Waals surface area (Å²) in [6.07, 6.45) is 0. The highest BCUT2D eigenvalue weighted by Gasteiger charge is 2.14. The topological polar surface area (TPSA) is 77.2 Å². The largest absolute Gasteiger partial charge is 0.497 e. The Morgan fingerprint density at radius 2 is 2.32 bits per heavy atom. The van der Waals surface area contributed by atoms with E-state index < -0.39 is 0 Å². The molecule has 6 heteroatoms. The number of amides is 1. The number of carbonyl (C=O) groups excluding carboxylic acids is 1. The molecular formula is C13H15N3O2S. The molecule has 0 spiro atoms. The molecule has 1 heterocycles. The number of methoxy groups -OCH3 is 1. The van der Waals surface area contributed by atoms with Crippen LogP contribution in [-0.4, -0.2) is 18.0 Å². The predicted octanol–water partition coefficient (Wildman–Crippen LogP) is 2.22. The number of nitrogens with two attached hydrogens (primary N) is 1.